The molecule has 35 heavy (non-hydrogen) atoms. The third-order valence-corrected chi connectivity index (χ3v) is 6.17. The Morgan fingerprint density at radius 1 is 1.11 bits per heavy atom. The average molecular weight is 485 g/mol. The molecule has 0 saturated heterocycles. The third-order valence-electron chi connectivity index (χ3n) is 5.82. The Morgan fingerprint density at radius 3 is 2.49 bits per heavy atom. The first-order valence-electron chi connectivity index (χ1n) is 11.1. The standard InChI is InChI=1S/C29H25ClN2O3/c1-29(2,3)20-11-8-19(9-12-20)27-22-14-13-21(16-25(22)35-28(32)23(27)17-31)34-26(33)15-10-18-6-4-5-7-24(18)30/h4-16,27H,32H2,1-3H3/b15-10+. The van der Waals surface area contributed by atoms with Crippen LogP contribution in [0, 0.1) is 11.3 Å². The summed E-state index contributed by atoms with van der Waals surface area (Å²) in [5.74, 6) is -0.176. The number of allylic oxidation sites excluding steroid dienone is 1. The summed E-state index contributed by atoms with van der Waals surface area (Å²) in [7, 11) is 0. The minimum absolute atomic E-state index is 0.0120. The number of nitrogens with zero attached hydrogens (tertiary/aromatic N) is 1. The van der Waals surface area contributed by atoms with Crippen LogP contribution < -0.4 is 15.2 Å². The second-order valence-electron chi connectivity index (χ2n) is 9.27. The van der Waals surface area contributed by atoms with Gasteiger partial charge >= 0.3 is 5.97 Å². The van der Waals surface area contributed by atoms with Crippen molar-refractivity contribution in [1.29, 1.82) is 5.26 Å². The molecule has 176 valence electrons. The van der Waals surface area contributed by atoms with Crippen molar-refractivity contribution in [3.05, 3.63) is 112 Å². The molecule has 0 aliphatic carbocycles. The first-order valence-corrected chi connectivity index (χ1v) is 11.5. The zero-order valence-electron chi connectivity index (χ0n) is 19.7. The molecule has 5 nitrogen and oxygen atoms in total. The fourth-order valence-electron chi connectivity index (χ4n) is 3.94. The lowest BCUT2D eigenvalue weighted by Crippen LogP contribution is -2.21. The van der Waals surface area contributed by atoms with Crippen molar-refractivity contribution < 1.29 is 14.3 Å². The molecule has 3 aromatic carbocycles. The van der Waals surface area contributed by atoms with Crippen molar-refractivity contribution in [2.45, 2.75) is 32.1 Å². The first-order chi connectivity index (χ1) is 16.7. The van der Waals surface area contributed by atoms with E-state index < -0.39 is 5.97 Å². The molecule has 1 aliphatic heterocycles. The molecule has 1 heterocycles. The Bertz CT molecular complexity index is 1380. The highest BCUT2D eigenvalue weighted by molar-refractivity contribution is 6.32. The van der Waals surface area contributed by atoms with E-state index in [-0.39, 0.29) is 17.2 Å². The van der Waals surface area contributed by atoms with Gasteiger partial charge in [-0.3, -0.25) is 0 Å². The summed E-state index contributed by atoms with van der Waals surface area (Å²) in [5.41, 5.74) is 10.1. The second kappa shape index (κ2) is 9.69. The number of halogens is 1. The Labute approximate surface area is 210 Å². The van der Waals surface area contributed by atoms with Gasteiger partial charge in [-0.1, -0.05) is 80.9 Å². The van der Waals surface area contributed by atoms with Gasteiger partial charge < -0.3 is 15.2 Å². The number of rotatable bonds is 4. The summed E-state index contributed by atoms with van der Waals surface area (Å²) < 4.78 is 11.2. The number of carbonyl (C=O) groups is 1. The quantitative estimate of drug-likeness (QED) is 0.260. The van der Waals surface area contributed by atoms with Gasteiger partial charge in [0.15, 0.2) is 0 Å². The molecule has 0 fully saturated rings. The SMILES string of the molecule is CC(C)(C)c1ccc(C2C(C#N)=C(N)Oc3cc(OC(=O)/C=C/c4ccccc4Cl)ccc32)cc1. The van der Waals surface area contributed by atoms with Gasteiger partial charge in [0.05, 0.1) is 5.92 Å². The minimum atomic E-state index is -0.559. The molecule has 0 spiro atoms. The molecule has 1 aliphatic rings. The van der Waals surface area contributed by atoms with E-state index in [0.717, 1.165) is 11.1 Å². The van der Waals surface area contributed by atoms with Crippen molar-refractivity contribution in [3.63, 3.8) is 0 Å². The number of hydrogen-bond donors (Lipinski definition) is 1. The summed E-state index contributed by atoms with van der Waals surface area (Å²) in [4.78, 5) is 12.4. The molecular formula is C29H25ClN2O3. The summed E-state index contributed by atoms with van der Waals surface area (Å²) in [5, 5.41) is 10.3. The molecule has 0 aromatic heterocycles. The normalized spacial score (nSPS) is 15.3. The lowest BCUT2D eigenvalue weighted by Gasteiger charge is -2.27. The van der Waals surface area contributed by atoms with E-state index in [1.165, 1.54) is 11.6 Å². The zero-order valence-corrected chi connectivity index (χ0v) is 20.5. The maximum atomic E-state index is 12.4. The summed E-state index contributed by atoms with van der Waals surface area (Å²) in [6.07, 6.45) is 2.90. The molecule has 0 amide bonds. The maximum absolute atomic E-state index is 12.4. The molecule has 4 rings (SSSR count). The molecule has 6 heteroatoms. The molecule has 2 N–H and O–H groups in total. The Balaban J connectivity index is 1.61. The van der Waals surface area contributed by atoms with E-state index in [2.05, 4.69) is 39.0 Å². The van der Waals surface area contributed by atoms with Gasteiger partial charge in [-0.25, -0.2) is 4.79 Å². The van der Waals surface area contributed by atoms with E-state index in [0.29, 0.717) is 27.7 Å². The number of ether oxygens (including phenoxy) is 2. The van der Waals surface area contributed by atoms with Crippen molar-refractivity contribution in [2.75, 3.05) is 0 Å². The number of fused-ring (bicyclic) bond motifs is 1. The van der Waals surface area contributed by atoms with Crippen LogP contribution in [0.1, 0.15) is 48.9 Å². The number of hydrogen-bond acceptors (Lipinski definition) is 5. The van der Waals surface area contributed by atoms with Crippen molar-refractivity contribution >= 4 is 23.6 Å². The van der Waals surface area contributed by atoms with Crippen molar-refractivity contribution in [1.82, 2.24) is 0 Å². The van der Waals surface area contributed by atoms with Crippen LogP contribution in [0.15, 0.2) is 84.3 Å². The highest BCUT2D eigenvalue weighted by atomic mass is 35.5. The molecule has 1 atom stereocenters. The zero-order chi connectivity index (χ0) is 25.2. The van der Waals surface area contributed by atoms with E-state index >= 15 is 0 Å². The summed E-state index contributed by atoms with van der Waals surface area (Å²) in [6, 6.07) is 22.6. The van der Waals surface area contributed by atoms with Gasteiger partial charge in [0.1, 0.15) is 23.1 Å². The largest absolute Gasteiger partial charge is 0.440 e. The molecule has 0 radical (unpaired) electrons. The van der Waals surface area contributed by atoms with Gasteiger partial charge in [-0.2, -0.15) is 5.26 Å². The van der Waals surface area contributed by atoms with Crippen LogP contribution in [0.3, 0.4) is 0 Å². The van der Waals surface area contributed by atoms with Gasteiger partial charge in [0.2, 0.25) is 5.88 Å². The van der Waals surface area contributed by atoms with Gasteiger partial charge in [0, 0.05) is 22.7 Å². The van der Waals surface area contributed by atoms with Crippen molar-refractivity contribution in [2.24, 2.45) is 5.73 Å². The molecule has 3 aromatic rings. The molecule has 0 bridgehead atoms. The third kappa shape index (κ3) is 5.24. The number of nitrogens with two attached hydrogens (primary N) is 1. The summed E-state index contributed by atoms with van der Waals surface area (Å²) >= 11 is 6.12. The fourth-order valence-corrected chi connectivity index (χ4v) is 4.13. The van der Waals surface area contributed by atoms with E-state index in [9.17, 15) is 10.1 Å². The Hall–Kier alpha value is -4.01. The molecule has 1 unspecified atom stereocenters. The number of nitriles is 1. The Kier molecular flexibility index (Phi) is 6.68. The van der Waals surface area contributed by atoms with Crippen LogP contribution >= 0.6 is 11.6 Å². The van der Waals surface area contributed by atoms with E-state index in [4.69, 9.17) is 26.8 Å². The first kappa shape index (κ1) is 24.1. The predicted molar refractivity (Wildman–Crippen MR) is 137 cm³/mol. The monoisotopic (exact) mass is 484 g/mol. The van der Waals surface area contributed by atoms with Crippen LogP contribution in [-0.2, 0) is 10.2 Å². The van der Waals surface area contributed by atoms with Gasteiger partial charge in [-0.05, 0) is 40.3 Å². The smallest absolute Gasteiger partial charge is 0.336 e. The van der Waals surface area contributed by atoms with E-state index in [1.54, 1.807) is 36.4 Å². The van der Waals surface area contributed by atoms with E-state index in [1.807, 2.05) is 24.3 Å². The number of carbonyl (C=O) groups excluding carboxylic acids is 1. The van der Waals surface area contributed by atoms with Crippen LogP contribution in [0.4, 0.5) is 0 Å². The fraction of sp³-hybridized carbons (Fsp3) is 0.172. The minimum Gasteiger partial charge on any atom is -0.440 e. The van der Waals surface area contributed by atoms with Crippen molar-refractivity contribution in [3.8, 4) is 17.6 Å². The lowest BCUT2D eigenvalue weighted by molar-refractivity contribution is -0.128. The van der Waals surface area contributed by atoms with Gasteiger partial charge in [-0.15, -0.1) is 0 Å². The second-order valence-corrected chi connectivity index (χ2v) is 9.68. The van der Waals surface area contributed by atoms with Crippen LogP contribution in [0.25, 0.3) is 6.08 Å². The van der Waals surface area contributed by atoms with Crippen LogP contribution in [0.5, 0.6) is 11.5 Å². The van der Waals surface area contributed by atoms with Gasteiger partial charge in [0.25, 0.3) is 0 Å². The summed E-state index contributed by atoms with van der Waals surface area (Å²) in [6.45, 7) is 6.45. The maximum Gasteiger partial charge on any atom is 0.336 e. The topological polar surface area (TPSA) is 85.3 Å². The molecule has 0 saturated carbocycles. The van der Waals surface area contributed by atoms with Crippen LogP contribution in [-0.4, -0.2) is 5.97 Å². The number of esters is 1. The number of benzene rings is 3. The Morgan fingerprint density at radius 2 is 1.83 bits per heavy atom. The molecular weight excluding hydrogens is 460 g/mol. The predicted octanol–water partition coefficient (Wildman–Crippen LogP) is 6.47. The highest BCUT2D eigenvalue weighted by Gasteiger charge is 2.31. The lowest BCUT2D eigenvalue weighted by atomic mass is 9.81. The highest BCUT2D eigenvalue weighted by Crippen LogP contribution is 2.43. The average Bonchev–Trinajstić information content (AvgIpc) is 2.82. The van der Waals surface area contributed by atoms with Crippen LogP contribution in [0.2, 0.25) is 5.02 Å².